The normalized spacial score (nSPS) is 10.8. The number of rotatable bonds is 6. The zero-order valence-corrected chi connectivity index (χ0v) is 13.0. The lowest BCUT2D eigenvalue weighted by atomic mass is 10.0. The second kappa shape index (κ2) is 6.57. The Kier molecular flexibility index (Phi) is 4.78. The van der Waals surface area contributed by atoms with Crippen LogP contribution in [0.5, 0.6) is 5.75 Å². The maximum atomic E-state index is 10.3. The van der Waals surface area contributed by atoms with E-state index in [1.54, 1.807) is 18.7 Å². The molecule has 0 aliphatic heterocycles. The summed E-state index contributed by atoms with van der Waals surface area (Å²) in [6.07, 6.45) is 4.79. The largest absolute Gasteiger partial charge is 0.504 e. The predicted molar refractivity (Wildman–Crippen MR) is 86.0 cm³/mol. The molecular formula is C17H23N3O. The average Bonchev–Trinajstić information content (AvgIpc) is 2.76. The Morgan fingerprint density at radius 1 is 1.24 bits per heavy atom. The number of unbranched alkanes of at least 4 members (excludes halogenated alkanes) is 2. The van der Waals surface area contributed by atoms with Crippen LogP contribution in [0.2, 0.25) is 0 Å². The highest BCUT2D eigenvalue weighted by Crippen LogP contribution is 2.32. The molecule has 1 aromatic carbocycles. The summed E-state index contributed by atoms with van der Waals surface area (Å²) >= 11 is 0. The van der Waals surface area contributed by atoms with Crippen molar-refractivity contribution in [2.45, 2.75) is 39.5 Å². The van der Waals surface area contributed by atoms with Crippen LogP contribution >= 0.6 is 0 Å². The molecule has 0 atom stereocenters. The van der Waals surface area contributed by atoms with Crippen LogP contribution in [0.3, 0.4) is 0 Å². The van der Waals surface area contributed by atoms with Gasteiger partial charge in [0.2, 0.25) is 0 Å². The molecule has 2 aromatic rings. The van der Waals surface area contributed by atoms with E-state index >= 15 is 0 Å². The zero-order valence-electron chi connectivity index (χ0n) is 13.0. The summed E-state index contributed by atoms with van der Waals surface area (Å²) in [6, 6.07) is 8.24. The standard InChI is InChI=1S/C17H23N3O/c1-4-5-6-7-13-8-10-14(11-9-13)16-17(21)15(12(2)18)19-20(16)3/h8-11,18,21H,4-7H2,1-3H3. The van der Waals surface area contributed by atoms with Crippen molar-refractivity contribution in [3.8, 4) is 17.0 Å². The van der Waals surface area contributed by atoms with Gasteiger partial charge < -0.3 is 10.5 Å². The van der Waals surface area contributed by atoms with Crippen molar-refractivity contribution in [1.29, 1.82) is 5.41 Å². The summed E-state index contributed by atoms with van der Waals surface area (Å²) < 4.78 is 1.63. The fourth-order valence-corrected chi connectivity index (χ4v) is 2.50. The average molecular weight is 285 g/mol. The molecule has 112 valence electrons. The summed E-state index contributed by atoms with van der Waals surface area (Å²) in [4.78, 5) is 0. The monoisotopic (exact) mass is 285 g/mol. The third-order valence-electron chi connectivity index (χ3n) is 3.67. The molecule has 4 nitrogen and oxygen atoms in total. The number of aromatic hydroxyl groups is 1. The van der Waals surface area contributed by atoms with Crippen molar-refractivity contribution >= 4 is 5.71 Å². The highest BCUT2D eigenvalue weighted by molar-refractivity contribution is 5.98. The molecule has 2 rings (SSSR count). The fraction of sp³-hybridized carbons (Fsp3) is 0.412. The van der Waals surface area contributed by atoms with Crippen molar-refractivity contribution in [1.82, 2.24) is 9.78 Å². The Morgan fingerprint density at radius 2 is 1.90 bits per heavy atom. The van der Waals surface area contributed by atoms with Gasteiger partial charge in [-0.25, -0.2) is 0 Å². The van der Waals surface area contributed by atoms with Crippen LogP contribution < -0.4 is 0 Å². The first kappa shape index (κ1) is 15.3. The van der Waals surface area contributed by atoms with Crippen LogP contribution in [0.4, 0.5) is 0 Å². The molecule has 1 aromatic heterocycles. The van der Waals surface area contributed by atoms with Crippen molar-refractivity contribution < 1.29 is 5.11 Å². The molecular weight excluding hydrogens is 262 g/mol. The smallest absolute Gasteiger partial charge is 0.171 e. The Balaban J connectivity index is 2.25. The van der Waals surface area contributed by atoms with E-state index in [4.69, 9.17) is 5.41 Å². The van der Waals surface area contributed by atoms with Crippen molar-refractivity contribution in [3.63, 3.8) is 0 Å². The summed E-state index contributed by atoms with van der Waals surface area (Å²) in [5.74, 6) is 0.0868. The van der Waals surface area contributed by atoms with Crippen LogP contribution in [0.15, 0.2) is 24.3 Å². The quantitative estimate of drug-likeness (QED) is 0.624. The lowest BCUT2D eigenvalue weighted by Gasteiger charge is -2.05. The molecule has 0 saturated heterocycles. The number of hydrogen-bond acceptors (Lipinski definition) is 3. The van der Waals surface area contributed by atoms with Gasteiger partial charge in [0, 0.05) is 12.6 Å². The predicted octanol–water partition coefficient (Wildman–Crippen LogP) is 3.91. The molecule has 0 spiro atoms. The molecule has 0 aliphatic rings. The molecule has 4 heteroatoms. The van der Waals surface area contributed by atoms with Crippen molar-refractivity contribution in [2.24, 2.45) is 7.05 Å². The van der Waals surface area contributed by atoms with E-state index in [1.807, 2.05) is 12.1 Å². The van der Waals surface area contributed by atoms with E-state index in [0.29, 0.717) is 11.4 Å². The number of nitrogens with one attached hydrogen (secondary N) is 1. The van der Waals surface area contributed by atoms with E-state index in [9.17, 15) is 5.11 Å². The number of nitrogens with zero attached hydrogens (tertiary/aromatic N) is 2. The fourth-order valence-electron chi connectivity index (χ4n) is 2.50. The molecule has 0 saturated carbocycles. The van der Waals surface area contributed by atoms with E-state index in [2.05, 4.69) is 24.2 Å². The van der Waals surface area contributed by atoms with Crippen LogP contribution in [0, 0.1) is 5.41 Å². The summed E-state index contributed by atoms with van der Waals surface area (Å²) in [5, 5.41) is 22.1. The first-order valence-electron chi connectivity index (χ1n) is 7.45. The van der Waals surface area contributed by atoms with Gasteiger partial charge in [0.25, 0.3) is 0 Å². The number of benzene rings is 1. The first-order valence-corrected chi connectivity index (χ1v) is 7.45. The summed E-state index contributed by atoms with van der Waals surface area (Å²) in [5.41, 5.74) is 3.52. The minimum absolute atomic E-state index is 0.0868. The Labute approximate surface area is 125 Å². The first-order chi connectivity index (χ1) is 10.0. The van der Waals surface area contributed by atoms with E-state index in [0.717, 1.165) is 12.0 Å². The number of aromatic nitrogens is 2. The van der Waals surface area contributed by atoms with Crippen LogP contribution in [-0.2, 0) is 13.5 Å². The van der Waals surface area contributed by atoms with Gasteiger partial charge in [-0.1, -0.05) is 44.0 Å². The van der Waals surface area contributed by atoms with E-state index < -0.39 is 0 Å². The van der Waals surface area contributed by atoms with Crippen LogP contribution in [0.1, 0.15) is 44.4 Å². The second-order valence-electron chi connectivity index (χ2n) is 5.45. The van der Waals surface area contributed by atoms with Gasteiger partial charge in [-0.05, 0) is 25.3 Å². The number of aryl methyl sites for hydroxylation is 2. The Hall–Kier alpha value is -2.10. The van der Waals surface area contributed by atoms with Gasteiger partial charge in [0.15, 0.2) is 5.75 Å². The third-order valence-corrected chi connectivity index (χ3v) is 3.67. The maximum Gasteiger partial charge on any atom is 0.171 e. The molecule has 0 aliphatic carbocycles. The van der Waals surface area contributed by atoms with Gasteiger partial charge >= 0.3 is 0 Å². The molecule has 2 N–H and O–H groups in total. The lowest BCUT2D eigenvalue weighted by molar-refractivity contribution is 0.475. The summed E-state index contributed by atoms with van der Waals surface area (Å²) in [7, 11) is 1.79. The van der Waals surface area contributed by atoms with E-state index in [1.165, 1.54) is 24.8 Å². The highest BCUT2D eigenvalue weighted by Gasteiger charge is 2.17. The Morgan fingerprint density at radius 3 is 2.43 bits per heavy atom. The third kappa shape index (κ3) is 3.32. The molecule has 0 bridgehead atoms. The second-order valence-corrected chi connectivity index (χ2v) is 5.45. The van der Waals surface area contributed by atoms with Gasteiger partial charge in [-0.2, -0.15) is 5.10 Å². The highest BCUT2D eigenvalue weighted by atomic mass is 16.3. The number of hydrogen-bond donors (Lipinski definition) is 2. The molecule has 0 fully saturated rings. The molecule has 0 unspecified atom stereocenters. The van der Waals surface area contributed by atoms with Crippen LogP contribution in [0.25, 0.3) is 11.3 Å². The SMILES string of the molecule is CCCCCc1ccc(-c2c(O)c(C(C)=N)nn2C)cc1. The van der Waals surface area contributed by atoms with Gasteiger partial charge in [-0.3, -0.25) is 4.68 Å². The Bertz CT molecular complexity index is 626. The molecule has 0 radical (unpaired) electrons. The minimum atomic E-state index is 0.0868. The van der Waals surface area contributed by atoms with Crippen LogP contribution in [-0.4, -0.2) is 20.6 Å². The topological polar surface area (TPSA) is 61.9 Å². The van der Waals surface area contributed by atoms with Crippen molar-refractivity contribution in [2.75, 3.05) is 0 Å². The van der Waals surface area contributed by atoms with Gasteiger partial charge in [-0.15, -0.1) is 0 Å². The zero-order chi connectivity index (χ0) is 15.4. The van der Waals surface area contributed by atoms with E-state index in [-0.39, 0.29) is 11.5 Å². The minimum Gasteiger partial charge on any atom is -0.504 e. The summed E-state index contributed by atoms with van der Waals surface area (Å²) in [6.45, 7) is 3.83. The molecule has 0 amide bonds. The molecule has 21 heavy (non-hydrogen) atoms. The lowest BCUT2D eigenvalue weighted by Crippen LogP contribution is -1.97. The molecule has 1 heterocycles. The van der Waals surface area contributed by atoms with Gasteiger partial charge in [0.05, 0.1) is 5.71 Å². The maximum absolute atomic E-state index is 10.3. The van der Waals surface area contributed by atoms with Crippen molar-refractivity contribution in [3.05, 3.63) is 35.5 Å². The van der Waals surface area contributed by atoms with Gasteiger partial charge in [0.1, 0.15) is 11.4 Å².